The molecule has 1 atom stereocenters. The van der Waals surface area contributed by atoms with Gasteiger partial charge in [-0.1, -0.05) is 18.6 Å². The van der Waals surface area contributed by atoms with Crippen molar-refractivity contribution in [1.29, 1.82) is 0 Å². The van der Waals surface area contributed by atoms with Gasteiger partial charge in [0.1, 0.15) is 0 Å². The molecule has 1 heteroatoms. The molecule has 0 fully saturated rings. The number of hydrogen-bond donors (Lipinski definition) is 0. The predicted octanol–water partition coefficient (Wildman–Crippen LogP) is 3.27. The number of carbonyl (C=O) groups excluding carboxylic acids is 1. The van der Waals surface area contributed by atoms with Crippen LogP contribution in [0.5, 0.6) is 0 Å². The van der Waals surface area contributed by atoms with Crippen LogP contribution in [-0.2, 0) is 4.79 Å². The fraction of sp³-hybridized carbons (Fsp3) is 0.583. The van der Waals surface area contributed by atoms with Gasteiger partial charge in [0.2, 0.25) is 0 Å². The van der Waals surface area contributed by atoms with E-state index in [1.54, 1.807) is 6.08 Å². The minimum absolute atomic E-state index is 0.215. The molecule has 13 heavy (non-hydrogen) atoms. The van der Waals surface area contributed by atoms with E-state index < -0.39 is 0 Å². The Labute approximate surface area is 80.5 Å². The summed E-state index contributed by atoms with van der Waals surface area (Å²) < 4.78 is 0. The zero-order valence-electron chi connectivity index (χ0n) is 8.76. The maximum atomic E-state index is 11.7. The molecule has 0 aromatic carbocycles. The Morgan fingerprint density at radius 3 is 2.77 bits per heavy atom. The molecule has 1 unspecified atom stereocenters. The largest absolute Gasteiger partial charge is 0.290 e. The molecule has 0 N–H and O–H groups in total. The number of rotatable bonds is 2. The van der Waals surface area contributed by atoms with Crippen molar-refractivity contribution in [3.63, 3.8) is 0 Å². The molecule has 0 aromatic heterocycles. The van der Waals surface area contributed by atoms with Crippen molar-refractivity contribution in [1.82, 2.24) is 0 Å². The maximum absolute atomic E-state index is 11.7. The molecule has 0 bridgehead atoms. The fourth-order valence-corrected chi connectivity index (χ4v) is 2.07. The van der Waals surface area contributed by atoms with Crippen molar-refractivity contribution in [3.8, 4) is 0 Å². The molecule has 1 aliphatic carbocycles. The molecule has 0 amide bonds. The highest BCUT2D eigenvalue weighted by Gasteiger charge is 2.20. The van der Waals surface area contributed by atoms with Crippen molar-refractivity contribution in [2.45, 2.75) is 40.0 Å². The van der Waals surface area contributed by atoms with Crippen molar-refractivity contribution >= 4 is 5.78 Å². The van der Waals surface area contributed by atoms with E-state index in [9.17, 15) is 4.79 Å². The van der Waals surface area contributed by atoms with E-state index in [4.69, 9.17) is 0 Å². The van der Waals surface area contributed by atoms with E-state index in [2.05, 4.69) is 13.8 Å². The molecule has 0 saturated heterocycles. The highest BCUT2D eigenvalue weighted by molar-refractivity contribution is 6.04. The van der Waals surface area contributed by atoms with Crippen molar-refractivity contribution < 1.29 is 4.79 Å². The Bertz CT molecular complexity index is 258. The smallest absolute Gasteiger partial charge is 0.181 e. The molecule has 0 spiro atoms. The van der Waals surface area contributed by atoms with Crippen LogP contribution in [0.1, 0.15) is 40.0 Å². The molecular formula is C12H18O. The van der Waals surface area contributed by atoms with Crippen LogP contribution in [0.15, 0.2) is 23.3 Å². The van der Waals surface area contributed by atoms with Crippen LogP contribution in [0, 0.1) is 5.92 Å². The third-order valence-corrected chi connectivity index (χ3v) is 2.73. The minimum atomic E-state index is 0.215. The average molecular weight is 178 g/mol. The van der Waals surface area contributed by atoms with Gasteiger partial charge >= 0.3 is 0 Å². The van der Waals surface area contributed by atoms with Crippen LogP contribution in [-0.4, -0.2) is 5.78 Å². The van der Waals surface area contributed by atoms with Crippen molar-refractivity contribution in [2.24, 2.45) is 5.92 Å². The molecule has 0 heterocycles. The van der Waals surface area contributed by atoms with Gasteiger partial charge in [-0.15, -0.1) is 0 Å². The third kappa shape index (κ3) is 2.30. The number of hydrogen-bond acceptors (Lipinski definition) is 1. The topological polar surface area (TPSA) is 17.1 Å². The number of ketones is 1. The summed E-state index contributed by atoms with van der Waals surface area (Å²) in [5.74, 6) is 0.671. The molecule has 72 valence electrons. The summed E-state index contributed by atoms with van der Waals surface area (Å²) in [6, 6.07) is 0. The SMILES string of the molecule is CC=CC(=O)C1=C(C)CCCC1C. The maximum Gasteiger partial charge on any atom is 0.181 e. The second-order valence-corrected chi connectivity index (χ2v) is 3.85. The van der Waals surface area contributed by atoms with Gasteiger partial charge < -0.3 is 0 Å². The molecule has 0 saturated carbocycles. The normalized spacial score (nSPS) is 24.1. The van der Waals surface area contributed by atoms with Crippen LogP contribution < -0.4 is 0 Å². The quantitative estimate of drug-likeness (QED) is 0.593. The molecule has 0 aromatic rings. The Morgan fingerprint density at radius 2 is 2.23 bits per heavy atom. The van der Waals surface area contributed by atoms with Gasteiger partial charge in [0.15, 0.2) is 5.78 Å². The minimum Gasteiger partial charge on any atom is -0.290 e. The molecular weight excluding hydrogens is 160 g/mol. The molecule has 0 aliphatic heterocycles. The van der Waals surface area contributed by atoms with Crippen LogP contribution in [0.25, 0.3) is 0 Å². The Hall–Kier alpha value is -0.850. The lowest BCUT2D eigenvalue weighted by atomic mass is 9.82. The molecule has 1 nitrogen and oxygen atoms in total. The first-order chi connectivity index (χ1) is 6.16. The summed E-state index contributed by atoms with van der Waals surface area (Å²) in [7, 11) is 0. The summed E-state index contributed by atoms with van der Waals surface area (Å²) in [6.07, 6.45) is 7.00. The van der Waals surface area contributed by atoms with Gasteiger partial charge in [-0.05, 0) is 45.1 Å². The Balaban J connectivity index is 2.91. The van der Waals surface area contributed by atoms with Crippen molar-refractivity contribution in [2.75, 3.05) is 0 Å². The molecule has 1 aliphatic rings. The van der Waals surface area contributed by atoms with Gasteiger partial charge in [0.25, 0.3) is 0 Å². The van der Waals surface area contributed by atoms with E-state index in [0.29, 0.717) is 5.92 Å². The van der Waals surface area contributed by atoms with Gasteiger partial charge in [0, 0.05) is 5.57 Å². The van der Waals surface area contributed by atoms with Gasteiger partial charge in [-0.2, -0.15) is 0 Å². The fourth-order valence-electron chi connectivity index (χ4n) is 2.07. The first kappa shape index (κ1) is 10.2. The molecule has 0 radical (unpaired) electrons. The standard InChI is InChI=1S/C12H18O/c1-4-6-11(13)12-9(2)7-5-8-10(12)3/h4,6,9H,5,7-8H2,1-3H3. The van der Waals surface area contributed by atoms with E-state index >= 15 is 0 Å². The second-order valence-electron chi connectivity index (χ2n) is 3.85. The van der Waals surface area contributed by atoms with E-state index in [1.165, 1.54) is 12.0 Å². The van der Waals surface area contributed by atoms with Crippen LogP contribution in [0.4, 0.5) is 0 Å². The monoisotopic (exact) mass is 178 g/mol. The van der Waals surface area contributed by atoms with Gasteiger partial charge in [-0.25, -0.2) is 0 Å². The summed E-state index contributed by atoms with van der Waals surface area (Å²) in [6.45, 7) is 6.13. The summed E-state index contributed by atoms with van der Waals surface area (Å²) in [5, 5.41) is 0. The number of carbonyl (C=O) groups is 1. The van der Waals surface area contributed by atoms with E-state index in [1.807, 2.05) is 13.0 Å². The summed E-state index contributed by atoms with van der Waals surface area (Å²) >= 11 is 0. The molecule has 1 rings (SSSR count). The lowest BCUT2D eigenvalue weighted by molar-refractivity contribution is -0.112. The van der Waals surface area contributed by atoms with Crippen LogP contribution in [0.2, 0.25) is 0 Å². The highest BCUT2D eigenvalue weighted by atomic mass is 16.1. The number of allylic oxidation sites excluding steroid dienone is 4. The third-order valence-electron chi connectivity index (χ3n) is 2.73. The Morgan fingerprint density at radius 1 is 1.54 bits per heavy atom. The lowest BCUT2D eigenvalue weighted by Crippen LogP contribution is -2.14. The first-order valence-corrected chi connectivity index (χ1v) is 5.03. The van der Waals surface area contributed by atoms with Crippen LogP contribution in [0.3, 0.4) is 0 Å². The predicted molar refractivity (Wildman–Crippen MR) is 55.5 cm³/mol. The Kier molecular flexibility index (Phi) is 3.47. The van der Waals surface area contributed by atoms with Gasteiger partial charge in [0.05, 0.1) is 0 Å². The first-order valence-electron chi connectivity index (χ1n) is 5.03. The lowest BCUT2D eigenvalue weighted by Gasteiger charge is -2.22. The zero-order valence-corrected chi connectivity index (χ0v) is 8.76. The summed E-state index contributed by atoms with van der Waals surface area (Å²) in [4.78, 5) is 11.7. The van der Waals surface area contributed by atoms with Gasteiger partial charge in [-0.3, -0.25) is 4.79 Å². The van der Waals surface area contributed by atoms with E-state index in [0.717, 1.165) is 18.4 Å². The van der Waals surface area contributed by atoms with Crippen molar-refractivity contribution in [3.05, 3.63) is 23.3 Å². The second kappa shape index (κ2) is 4.40. The summed E-state index contributed by atoms with van der Waals surface area (Å²) in [5.41, 5.74) is 2.35. The van der Waals surface area contributed by atoms with E-state index in [-0.39, 0.29) is 5.78 Å². The zero-order chi connectivity index (χ0) is 9.84. The highest BCUT2D eigenvalue weighted by Crippen LogP contribution is 2.30. The average Bonchev–Trinajstić information content (AvgIpc) is 2.04. The van der Waals surface area contributed by atoms with Crippen LogP contribution >= 0.6 is 0 Å².